The van der Waals surface area contributed by atoms with Crippen molar-refractivity contribution in [1.29, 1.82) is 0 Å². The minimum absolute atomic E-state index is 0.475. The summed E-state index contributed by atoms with van der Waals surface area (Å²) in [6.45, 7) is 1.12. The van der Waals surface area contributed by atoms with Gasteiger partial charge in [0.1, 0.15) is 5.75 Å². The Balaban J connectivity index is 2.24. The summed E-state index contributed by atoms with van der Waals surface area (Å²) in [7, 11) is 1.71. The van der Waals surface area contributed by atoms with E-state index in [0.717, 1.165) is 12.3 Å². The number of nitrogens with one attached hydrogen (secondary N) is 1. The van der Waals surface area contributed by atoms with Crippen molar-refractivity contribution < 1.29 is 4.74 Å². The number of hydrogen-bond donors (Lipinski definition) is 1. The molecule has 1 saturated heterocycles. The number of halogens is 1. The normalized spacial score (nSPS) is 21.3. The van der Waals surface area contributed by atoms with Gasteiger partial charge >= 0.3 is 0 Å². The van der Waals surface area contributed by atoms with Gasteiger partial charge in [-0.3, -0.25) is 0 Å². The molecule has 1 aliphatic heterocycles. The Kier molecular flexibility index (Phi) is 3.65. The predicted octanol–water partition coefficient (Wildman–Crippen LogP) is 3.27. The van der Waals surface area contributed by atoms with Gasteiger partial charge < -0.3 is 10.1 Å². The largest absolute Gasteiger partial charge is 0.497 e. The highest BCUT2D eigenvalue weighted by atomic mass is 79.9. The Morgan fingerprint density at radius 2 is 2.27 bits per heavy atom. The maximum Gasteiger partial charge on any atom is 0.119 e. The zero-order chi connectivity index (χ0) is 10.7. The van der Waals surface area contributed by atoms with Crippen LogP contribution < -0.4 is 10.1 Å². The van der Waals surface area contributed by atoms with Gasteiger partial charge in [-0.05, 0) is 43.1 Å². The van der Waals surface area contributed by atoms with Crippen LogP contribution in [0.2, 0.25) is 0 Å². The first-order valence-electron chi connectivity index (χ1n) is 5.38. The molecule has 0 aromatic heterocycles. The Morgan fingerprint density at radius 1 is 1.40 bits per heavy atom. The van der Waals surface area contributed by atoms with Crippen LogP contribution in [0.3, 0.4) is 0 Å². The third-order valence-corrected chi connectivity index (χ3v) is 3.61. The number of rotatable bonds is 2. The number of piperidine rings is 1. The highest BCUT2D eigenvalue weighted by Gasteiger charge is 2.17. The number of ether oxygens (including phenoxy) is 1. The van der Waals surface area contributed by atoms with E-state index in [0.29, 0.717) is 6.04 Å². The average molecular weight is 270 g/mol. The molecule has 1 atom stereocenters. The third kappa shape index (κ3) is 2.52. The van der Waals surface area contributed by atoms with E-state index in [-0.39, 0.29) is 0 Å². The molecule has 1 aromatic carbocycles. The van der Waals surface area contributed by atoms with Crippen molar-refractivity contribution >= 4 is 15.9 Å². The lowest BCUT2D eigenvalue weighted by molar-refractivity contribution is 0.399. The summed E-state index contributed by atoms with van der Waals surface area (Å²) < 4.78 is 6.42. The predicted molar refractivity (Wildman–Crippen MR) is 65.3 cm³/mol. The van der Waals surface area contributed by atoms with E-state index in [4.69, 9.17) is 4.74 Å². The summed E-state index contributed by atoms with van der Waals surface area (Å²) in [6, 6.07) is 6.64. The second-order valence-corrected chi connectivity index (χ2v) is 4.74. The van der Waals surface area contributed by atoms with E-state index in [1.807, 2.05) is 6.07 Å². The van der Waals surface area contributed by atoms with Crippen molar-refractivity contribution in [2.45, 2.75) is 25.3 Å². The molecule has 3 heteroatoms. The fraction of sp³-hybridized carbons (Fsp3) is 0.500. The molecule has 15 heavy (non-hydrogen) atoms. The summed E-state index contributed by atoms with van der Waals surface area (Å²) in [4.78, 5) is 0. The summed E-state index contributed by atoms with van der Waals surface area (Å²) >= 11 is 3.60. The minimum atomic E-state index is 0.475. The fourth-order valence-electron chi connectivity index (χ4n) is 2.03. The monoisotopic (exact) mass is 269 g/mol. The molecule has 0 aliphatic carbocycles. The molecule has 1 unspecified atom stereocenters. The van der Waals surface area contributed by atoms with Crippen LogP contribution in [0.1, 0.15) is 30.9 Å². The molecule has 0 radical (unpaired) electrons. The van der Waals surface area contributed by atoms with Gasteiger partial charge in [-0.15, -0.1) is 0 Å². The summed E-state index contributed by atoms with van der Waals surface area (Å²) in [5, 5.41) is 3.54. The summed E-state index contributed by atoms with van der Waals surface area (Å²) in [5.41, 5.74) is 1.31. The maximum atomic E-state index is 5.25. The SMILES string of the molecule is COc1ccc(Br)c(C2CCCCN2)c1. The van der Waals surface area contributed by atoms with Gasteiger partial charge in [0.15, 0.2) is 0 Å². The van der Waals surface area contributed by atoms with E-state index in [1.165, 1.54) is 29.3 Å². The maximum absolute atomic E-state index is 5.25. The van der Waals surface area contributed by atoms with Gasteiger partial charge in [0.2, 0.25) is 0 Å². The molecule has 0 saturated carbocycles. The quantitative estimate of drug-likeness (QED) is 0.890. The van der Waals surface area contributed by atoms with Gasteiger partial charge in [-0.2, -0.15) is 0 Å². The molecule has 0 bridgehead atoms. The van der Waals surface area contributed by atoms with Gasteiger partial charge in [0, 0.05) is 10.5 Å². The molecule has 1 aliphatic rings. The van der Waals surface area contributed by atoms with Gasteiger partial charge in [-0.25, -0.2) is 0 Å². The molecule has 1 fully saturated rings. The van der Waals surface area contributed by atoms with E-state index in [9.17, 15) is 0 Å². The van der Waals surface area contributed by atoms with Crippen molar-refractivity contribution in [3.05, 3.63) is 28.2 Å². The van der Waals surface area contributed by atoms with Crippen molar-refractivity contribution in [2.24, 2.45) is 0 Å². The zero-order valence-electron chi connectivity index (χ0n) is 8.92. The van der Waals surface area contributed by atoms with Crippen LogP contribution in [0.4, 0.5) is 0 Å². The molecule has 0 amide bonds. The molecule has 1 heterocycles. The molecule has 2 nitrogen and oxygen atoms in total. The van der Waals surface area contributed by atoms with Crippen LogP contribution in [0.15, 0.2) is 22.7 Å². The van der Waals surface area contributed by atoms with Crippen LogP contribution in [0.25, 0.3) is 0 Å². The molecule has 2 rings (SSSR count). The first-order valence-corrected chi connectivity index (χ1v) is 6.17. The van der Waals surface area contributed by atoms with Crippen molar-refractivity contribution in [3.63, 3.8) is 0 Å². The first-order chi connectivity index (χ1) is 7.31. The highest BCUT2D eigenvalue weighted by Crippen LogP contribution is 2.31. The molecular formula is C12H16BrNO. The Hall–Kier alpha value is -0.540. The summed E-state index contributed by atoms with van der Waals surface area (Å²) in [5.74, 6) is 0.931. The van der Waals surface area contributed by atoms with Crippen LogP contribution in [0, 0.1) is 0 Å². The molecule has 0 spiro atoms. The Bertz CT molecular complexity index is 334. The number of methoxy groups -OCH3 is 1. The smallest absolute Gasteiger partial charge is 0.119 e. The zero-order valence-corrected chi connectivity index (χ0v) is 10.5. The molecule has 82 valence electrons. The Labute approximate surface area is 99.1 Å². The Morgan fingerprint density at radius 3 is 2.93 bits per heavy atom. The minimum Gasteiger partial charge on any atom is -0.497 e. The topological polar surface area (TPSA) is 21.3 Å². The van der Waals surface area contributed by atoms with Crippen molar-refractivity contribution in [2.75, 3.05) is 13.7 Å². The molecular weight excluding hydrogens is 254 g/mol. The van der Waals surface area contributed by atoms with Crippen LogP contribution in [-0.4, -0.2) is 13.7 Å². The number of benzene rings is 1. The third-order valence-electron chi connectivity index (χ3n) is 2.89. The lowest BCUT2D eigenvalue weighted by Gasteiger charge is -2.25. The highest BCUT2D eigenvalue weighted by molar-refractivity contribution is 9.10. The standard InChI is InChI=1S/C12H16BrNO/c1-15-9-5-6-11(13)10(8-9)12-4-2-3-7-14-12/h5-6,8,12,14H,2-4,7H2,1H3. The number of hydrogen-bond acceptors (Lipinski definition) is 2. The van der Waals surface area contributed by atoms with E-state index >= 15 is 0 Å². The average Bonchev–Trinajstić information content (AvgIpc) is 2.31. The second kappa shape index (κ2) is 4.99. The van der Waals surface area contributed by atoms with Gasteiger partial charge in [-0.1, -0.05) is 22.4 Å². The van der Waals surface area contributed by atoms with Crippen molar-refractivity contribution in [1.82, 2.24) is 5.32 Å². The van der Waals surface area contributed by atoms with E-state index < -0.39 is 0 Å². The van der Waals surface area contributed by atoms with E-state index in [1.54, 1.807) is 7.11 Å². The van der Waals surface area contributed by atoms with Crippen LogP contribution in [-0.2, 0) is 0 Å². The van der Waals surface area contributed by atoms with Gasteiger partial charge in [0.25, 0.3) is 0 Å². The lowest BCUT2D eigenvalue weighted by Crippen LogP contribution is -2.27. The summed E-state index contributed by atoms with van der Waals surface area (Å²) in [6.07, 6.45) is 3.81. The molecule has 1 aromatic rings. The van der Waals surface area contributed by atoms with Gasteiger partial charge in [0.05, 0.1) is 7.11 Å². The van der Waals surface area contributed by atoms with Crippen LogP contribution in [0.5, 0.6) is 5.75 Å². The fourth-order valence-corrected chi connectivity index (χ4v) is 2.56. The van der Waals surface area contributed by atoms with Crippen molar-refractivity contribution in [3.8, 4) is 5.75 Å². The molecule has 1 N–H and O–H groups in total. The first kappa shape index (κ1) is 11.0. The van der Waals surface area contributed by atoms with E-state index in [2.05, 4.69) is 33.4 Å². The second-order valence-electron chi connectivity index (χ2n) is 3.89. The van der Waals surface area contributed by atoms with Crippen LogP contribution >= 0.6 is 15.9 Å². The lowest BCUT2D eigenvalue weighted by atomic mass is 9.97.